The predicted molar refractivity (Wildman–Crippen MR) is 78.6 cm³/mol. The summed E-state index contributed by atoms with van der Waals surface area (Å²) in [4.78, 5) is 33.6. The molecule has 0 radical (unpaired) electrons. The maximum atomic E-state index is 11.7. The fourth-order valence-electron chi connectivity index (χ4n) is 1.87. The van der Waals surface area contributed by atoms with Crippen LogP contribution in [0.4, 0.5) is 10.5 Å². The maximum Gasteiger partial charge on any atom is 0.337 e. The van der Waals surface area contributed by atoms with Crippen LogP contribution >= 0.6 is 0 Å². The van der Waals surface area contributed by atoms with Crippen molar-refractivity contribution < 1.29 is 19.5 Å². The second-order valence-electron chi connectivity index (χ2n) is 4.67. The van der Waals surface area contributed by atoms with Gasteiger partial charge in [-0.3, -0.25) is 4.79 Å². The van der Waals surface area contributed by atoms with E-state index in [2.05, 4.69) is 16.0 Å². The lowest BCUT2D eigenvalue weighted by Crippen LogP contribution is -2.36. The van der Waals surface area contributed by atoms with E-state index in [-0.39, 0.29) is 23.7 Å². The summed E-state index contributed by atoms with van der Waals surface area (Å²) in [5.74, 6) is -1.28. The summed E-state index contributed by atoms with van der Waals surface area (Å²) in [6.07, 6.45) is 0. The number of carboxylic acids is 1. The Hall–Kier alpha value is -2.57. The first-order valence-electron chi connectivity index (χ1n) is 6.45. The molecule has 0 aliphatic carbocycles. The molecule has 1 aromatic carbocycles. The van der Waals surface area contributed by atoms with Crippen molar-refractivity contribution >= 4 is 23.6 Å². The first-order valence-corrected chi connectivity index (χ1v) is 6.45. The largest absolute Gasteiger partial charge is 0.478 e. The Kier molecular flexibility index (Phi) is 5.71. The van der Waals surface area contributed by atoms with E-state index in [1.807, 2.05) is 0 Å². The molecule has 7 heteroatoms. The fourth-order valence-corrected chi connectivity index (χ4v) is 1.87. The molecule has 3 amide bonds. The van der Waals surface area contributed by atoms with Gasteiger partial charge in [-0.2, -0.15) is 0 Å². The van der Waals surface area contributed by atoms with Gasteiger partial charge in [-0.15, -0.1) is 0 Å². The lowest BCUT2D eigenvalue weighted by molar-refractivity contribution is -0.118. The average Bonchev–Trinajstić information content (AvgIpc) is 2.37. The van der Waals surface area contributed by atoms with Crippen molar-refractivity contribution in [2.24, 2.45) is 0 Å². The van der Waals surface area contributed by atoms with Crippen LogP contribution in [0.3, 0.4) is 0 Å². The third kappa shape index (κ3) is 5.13. The molecule has 0 unspecified atom stereocenters. The Balaban J connectivity index is 2.72. The second kappa shape index (κ2) is 7.28. The predicted octanol–water partition coefficient (Wildman–Crippen LogP) is 1.26. The number of aryl methyl sites for hydroxylation is 2. The van der Waals surface area contributed by atoms with Gasteiger partial charge in [-0.25, -0.2) is 9.59 Å². The molecule has 0 bridgehead atoms. The van der Waals surface area contributed by atoms with Crippen LogP contribution in [-0.2, 0) is 4.79 Å². The number of amides is 3. The highest BCUT2D eigenvalue weighted by Gasteiger charge is 2.15. The minimum atomic E-state index is -1.10. The number of urea groups is 1. The lowest BCUT2D eigenvalue weighted by atomic mass is 10.0. The number of rotatable bonds is 5. The number of carbonyl (C=O) groups is 3. The number of carbonyl (C=O) groups excluding carboxylic acids is 2. The molecular formula is C14H19N3O4. The van der Waals surface area contributed by atoms with Crippen LogP contribution in [0.1, 0.15) is 28.4 Å². The SMILES string of the molecule is CC(=O)NCCNC(=O)Nc1c(C)cc(C)cc1C(=O)O. The lowest BCUT2D eigenvalue weighted by Gasteiger charge is -2.13. The number of hydrogen-bond donors (Lipinski definition) is 4. The van der Waals surface area contributed by atoms with Gasteiger partial charge in [0, 0.05) is 20.0 Å². The highest BCUT2D eigenvalue weighted by Crippen LogP contribution is 2.22. The normalized spacial score (nSPS) is 9.86. The maximum absolute atomic E-state index is 11.7. The highest BCUT2D eigenvalue weighted by atomic mass is 16.4. The summed E-state index contributed by atoms with van der Waals surface area (Å²) in [5, 5.41) is 16.8. The Morgan fingerprint density at radius 3 is 2.29 bits per heavy atom. The molecule has 4 N–H and O–H groups in total. The molecule has 0 saturated carbocycles. The average molecular weight is 293 g/mol. The monoisotopic (exact) mass is 293 g/mol. The molecular weight excluding hydrogens is 274 g/mol. The van der Waals surface area contributed by atoms with Gasteiger partial charge in [0.1, 0.15) is 0 Å². The highest BCUT2D eigenvalue weighted by molar-refractivity contribution is 6.01. The van der Waals surface area contributed by atoms with E-state index in [0.29, 0.717) is 12.1 Å². The summed E-state index contributed by atoms with van der Waals surface area (Å²) >= 11 is 0. The summed E-state index contributed by atoms with van der Waals surface area (Å²) in [5.41, 5.74) is 1.79. The summed E-state index contributed by atoms with van der Waals surface area (Å²) < 4.78 is 0. The molecule has 0 aliphatic rings. The van der Waals surface area contributed by atoms with Crippen LogP contribution in [0.2, 0.25) is 0 Å². The molecule has 0 heterocycles. The molecule has 0 aromatic heterocycles. The van der Waals surface area contributed by atoms with E-state index in [9.17, 15) is 19.5 Å². The Morgan fingerprint density at radius 2 is 1.71 bits per heavy atom. The smallest absolute Gasteiger partial charge is 0.337 e. The van der Waals surface area contributed by atoms with Crippen molar-refractivity contribution in [1.29, 1.82) is 0 Å². The molecule has 0 aliphatic heterocycles. The van der Waals surface area contributed by atoms with E-state index >= 15 is 0 Å². The summed E-state index contributed by atoms with van der Waals surface area (Å²) in [6, 6.07) is 2.77. The Morgan fingerprint density at radius 1 is 1.10 bits per heavy atom. The van der Waals surface area contributed by atoms with Gasteiger partial charge < -0.3 is 21.1 Å². The third-order valence-electron chi connectivity index (χ3n) is 2.73. The van der Waals surface area contributed by atoms with Crippen molar-refractivity contribution in [2.45, 2.75) is 20.8 Å². The van der Waals surface area contributed by atoms with Crippen molar-refractivity contribution in [3.05, 3.63) is 28.8 Å². The standard InChI is InChI=1S/C14H19N3O4/c1-8-6-9(2)12(11(7-8)13(19)20)17-14(21)16-5-4-15-10(3)18/h6-7H,4-5H2,1-3H3,(H,15,18)(H,19,20)(H2,16,17,21). The number of hydrogen-bond acceptors (Lipinski definition) is 3. The van der Waals surface area contributed by atoms with Crippen molar-refractivity contribution in [3.8, 4) is 0 Å². The Labute approximate surface area is 122 Å². The van der Waals surface area contributed by atoms with Crippen molar-refractivity contribution in [1.82, 2.24) is 10.6 Å². The van der Waals surface area contributed by atoms with Crippen LogP contribution in [0.5, 0.6) is 0 Å². The van der Waals surface area contributed by atoms with Gasteiger partial charge in [0.25, 0.3) is 0 Å². The van der Waals surface area contributed by atoms with Gasteiger partial charge in [0.05, 0.1) is 11.3 Å². The fraction of sp³-hybridized carbons (Fsp3) is 0.357. The number of carboxylic acid groups (broad SMARTS) is 1. The molecule has 0 spiro atoms. The quantitative estimate of drug-likeness (QED) is 0.613. The first-order chi connectivity index (χ1) is 9.81. The molecule has 1 rings (SSSR count). The minimum Gasteiger partial charge on any atom is -0.478 e. The van der Waals surface area contributed by atoms with E-state index in [1.54, 1.807) is 19.9 Å². The van der Waals surface area contributed by atoms with Gasteiger partial charge in [0.15, 0.2) is 0 Å². The number of aromatic carboxylic acids is 1. The molecule has 0 atom stereocenters. The van der Waals surface area contributed by atoms with E-state index in [4.69, 9.17) is 0 Å². The minimum absolute atomic E-state index is 0.0458. The molecule has 1 aromatic rings. The van der Waals surface area contributed by atoms with Crippen LogP contribution in [0, 0.1) is 13.8 Å². The van der Waals surface area contributed by atoms with Gasteiger partial charge in [-0.05, 0) is 31.0 Å². The van der Waals surface area contributed by atoms with E-state index < -0.39 is 12.0 Å². The van der Waals surface area contributed by atoms with Crippen LogP contribution < -0.4 is 16.0 Å². The van der Waals surface area contributed by atoms with Crippen LogP contribution in [0.25, 0.3) is 0 Å². The second-order valence-corrected chi connectivity index (χ2v) is 4.67. The number of nitrogens with one attached hydrogen (secondary N) is 3. The molecule has 21 heavy (non-hydrogen) atoms. The van der Waals surface area contributed by atoms with Gasteiger partial charge >= 0.3 is 12.0 Å². The van der Waals surface area contributed by atoms with E-state index in [0.717, 1.165) is 5.56 Å². The topological polar surface area (TPSA) is 108 Å². The van der Waals surface area contributed by atoms with Crippen LogP contribution in [-0.4, -0.2) is 36.1 Å². The zero-order valence-corrected chi connectivity index (χ0v) is 12.2. The molecule has 7 nitrogen and oxygen atoms in total. The molecule has 114 valence electrons. The molecule has 0 saturated heterocycles. The van der Waals surface area contributed by atoms with Crippen molar-refractivity contribution in [2.75, 3.05) is 18.4 Å². The number of anilines is 1. The summed E-state index contributed by atoms with van der Waals surface area (Å²) in [7, 11) is 0. The first kappa shape index (κ1) is 16.5. The van der Waals surface area contributed by atoms with Crippen LogP contribution in [0.15, 0.2) is 12.1 Å². The zero-order chi connectivity index (χ0) is 16.0. The zero-order valence-electron chi connectivity index (χ0n) is 12.2. The van der Waals surface area contributed by atoms with Gasteiger partial charge in [-0.1, -0.05) is 6.07 Å². The van der Waals surface area contributed by atoms with E-state index in [1.165, 1.54) is 13.0 Å². The third-order valence-corrected chi connectivity index (χ3v) is 2.73. The molecule has 0 fully saturated rings. The van der Waals surface area contributed by atoms with Crippen molar-refractivity contribution in [3.63, 3.8) is 0 Å². The Bertz CT molecular complexity index is 570. The van der Waals surface area contributed by atoms with Gasteiger partial charge in [0.2, 0.25) is 5.91 Å². The number of benzene rings is 1. The summed E-state index contributed by atoms with van der Waals surface area (Å²) in [6.45, 7) is 5.46.